The molecule has 2 aromatic rings. The molecule has 1 N–H and O–H groups in total. The lowest BCUT2D eigenvalue weighted by atomic mass is 10.1. The van der Waals surface area contributed by atoms with E-state index in [0.717, 1.165) is 36.4 Å². The van der Waals surface area contributed by atoms with E-state index in [9.17, 15) is 4.79 Å². The van der Waals surface area contributed by atoms with Gasteiger partial charge in [-0.25, -0.2) is 0 Å². The van der Waals surface area contributed by atoms with Crippen LogP contribution in [0.1, 0.15) is 28.8 Å². The minimum absolute atomic E-state index is 0.113. The van der Waals surface area contributed by atoms with Crippen LogP contribution in [0.15, 0.2) is 48.5 Å². The second-order valence-electron chi connectivity index (χ2n) is 5.79. The number of aryl methyl sites for hydroxylation is 1. The minimum atomic E-state index is -0.113. The van der Waals surface area contributed by atoms with Crippen LogP contribution in [0.3, 0.4) is 0 Å². The highest BCUT2D eigenvalue weighted by Crippen LogP contribution is 2.19. The summed E-state index contributed by atoms with van der Waals surface area (Å²) < 4.78 is 11.2. The van der Waals surface area contributed by atoms with Gasteiger partial charge in [-0.2, -0.15) is 0 Å². The molecule has 23 heavy (non-hydrogen) atoms. The Kier molecular flexibility index (Phi) is 4.93. The zero-order valence-electron chi connectivity index (χ0n) is 13.2. The monoisotopic (exact) mass is 311 g/mol. The second kappa shape index (κ2) is 7.29. The van der Waals surface area contributed by atoms with Gasteiger partial charge in [0.1, 0.15) is 12.4 Å². The van der Waals surface area contributed by atoms with E-state index in [4.69, 9.17) is 9.47 Å². The van der Waals surface area contributed by atoms with Crippen LogP contribution in [0, 0.1) is 6.92 Å². The number of nitrogens with one attached hydrogen (secondary N) is 1. The first-order valence-electron chi connectivity index (χ1n) is 7.93. The maximum absolute atomic E-state index is 12.2. The van der Waals surface area contributed by atoms with Gasteiger partial charge in [-0.15, -0.1) is 0 Å². The third-order valence-corrected chi connectivity index (χ3v) is 3.89. The average Bonchev–Trinajstić information content (AvgIpc) is 3.08. The molecule has 1 heterocycles. The SMILES string of the molecule is Cc1ccc(C(=O)Nc2ccc(OC[C@H]3CCCO3)cc2)cc1. The van der Waals surface area contributed by atoms with Crippen molar-refractivity contribution in [1.82, 2.24) is 0 Å². The molecular formula is C19H21NO3. The number of ether oxygens (including phenoxy) is 2. The maximum atomic E-state index is 12.2. The van der Waals surface area contributed by atoms with Gasteiger partial charge in [-0.3, -0.25) is 4.79 Å². The molecule has 1 saturated heterocycles. The van der Waals surface area contributed by atoms with Crippen LogP contribution in [0.5, 0.6) is 5.75 Å². The summed E-state index contributed by atoms with van der Waals surface area (Å²) in [5.74, 6) is 0.673. The Bertz CT molecular complexity index is 643. The lowest BCUT2D eigenvalue weighted by molar-refractivity contribution is 0.0679. The van der Waals surface area contributed by atoms with Gasteiger partial charge in [0.05, 0.1) is 6.10 Å². The predicted octanol–water partition coefficient (Wildman–Crippen LogP) is 3.81. The number of carbonyl (C=O) groups is 1. The van der Waals surface area contributed by atoms with Gasteiger partial charge in [-0.05, 0) is 56.2 Å². The zero-order valence-corrected chi connectivity index (χ0v) is 13.2. The molecular weight excluding hydrogens is 290 g/mol. The molecule has 1 atom stereocenters. The van der Waals surface area contributed by atoms with Crippen LogP contribution in [0.2, 0.25) is 0 Å². The normalized spacial score (nSPS) is 17.0. The first-order chi connectivity index (χ1) is 11.2. The molecule has 1 amide bonds. The number of rotatable bonds is 5. The Morgan fingerprint density at radius 2 is 1.91 bits per heavy atom. The Morgan fingerprint density at radius 3 is 2.57 bits per heavy atom. The van der Waals surface area contributed by atoms with Crippen molar-refractivity contribution in [3.8, 4) is 5.75 Å². The molecule has 4 heteroatoms. The van der Waals surface area contributed by atoms with Gasteiger partial charge in [0.2, 0.25) is 0 Å². The first-order valence-corrected chi connectivity index (χ1v) is 7.93. The van der Waals surface area contributed by atoms with Crippen LogP contribution in [0.25, 0.3) is 0 Å². The van der Waals surface area contributed by atoms with E-state index >= 15 is 0 Å². The van der Waals surface area contributed by atoms with Crippen molar-refractivity contribution in [2.24, 2.45) is 0 Å². The molecule has 0 bridgehead atoms. The van der Waals surface area contributed by atoms with Gasteiger partial charge in [0.25, 0.3) is 5.91 Å². The predicted molar refractivity (Wildman–Crippen MR) is 90.0 cm³/mol. The Hall–Kier alpha value is -2.33. The highest BCUT2D eigenvalue weighted by molar-refractivity contribution is 6.04. The highest BCUT2D eigenvalue weighted by atomic mass is 16.5. The van der Waals surface area contributed by atoms with E-state index in [2.05, 4.69) is 5.32 Å². The number of carbonyl (C=O) groups excluding carboxylic acids is 1. The van der Waals surface area contributed by atoms with Crippen LogP contribution < -0.4 is 10.1 Å². The van der Waals surface area contributed by atoms with Crippen molar-refractivity contribution >= 4 is 11.6 Å². The minimum Gasteiger partial charge on any atom is -0.491 e. The summed E-state index contributed by atoms with van der Waals surface area (Å²) >= 11 is 0. The van der Waals surface area contributed by atoms with Crippen molar-refractivity contribution in [1.29, 1.82) is 0 Å². The molecule has 4 nitrogen and oxygen atoms in total. The topological polar surface area (TPSA) is 47.6 Å². The van der Waals surface area contributed by atoms with E-state index in [1.807, 2.05) is 55.5 Å². The van der Waals surface area contributed by atoms with E-state index in [1.54, 1.807) is 0 Å². The number of anilines is 1. The molecule has 0 unspecified atom stereocenters. The lowest BCUT2D eigenvalue weighted by Crippen LogP contribution is -2.16. The van der Waals surface area contributed by atoms with Crippen molar-refractivity contribution < 1.29 is 14.3 Å². The van der Waals surface area contributed by atoms with Gasteiger partial charge >= 0.3 is 0 Å². The fourth-order valence-electron chi connectivity index (χ4n) is 2.51. The van der Waals surface area contributed by atoms with Crippen LogP contribution in [-0.2, 0) is 4.74 Å². The Morgan fingerprint density at radius 1 is 1.17 bits per heavy atom. The summed E-state index contributed by atoms with van der Waals surface area (Å²) in [6.07, 6.45) is 2.37. The summed E-state index contributed by atoms with van der Waals surface area (Å²) in [6, 6.07) is 14.9. The van der Waals surface area contributed by atoms with Crippen molar-refractivity contribution in [3.63, 3.8) is 0 Å². The summed E-state index contributed by atoms with van der Waals surface area (Å²) in [5, 5.41) is 2.88. The first kappa shape index (κ1) is 15.6. The maximum Gasteiger partial charge on any atom is 0.255 e. The average molecular weight is 311 g/mol. The van der Waals surface area contributed by atoms with E-state index in [-0.39, 0.29) is 12.0 Å². The quantitative estimate of drug-likeness (QED) is 0.913. The fourth-order valence-corrected chi connectivity index (χ4v) is 2.51. The third-order valence-electron chi connectivity index (χ3n) is 3.89. The Balaban J connectivity index is 1.54. The van der Waals surface area contributed by atoms with E-state index in [1.165, 1.54) is 0 Å². The molecule has 0 aromatic heterocycles. The number of hydrogen-bond acceptors (Lipinski definition) is 3. The van der Waals surface area contributed by atoms with Crippen molar-refractivity contribution in [3.05, 3.63) is 59.7 Å². The van der Waals surface area contributed by atoms with Gasteiger partial charge < -0.3 is 14.8 Å². The number of hydrogen-bond donors (Lipinski definition) is 1. The molecule has 1 aliphatic rings. The summed E-state index contributed by atoms with van der Waals surface area (Å²) in [5.41, 5.74) is 2.53. The second-order valence-corrected chi connectivity index (χ2v) is 5.79. The largest absolute Gasteiger partial charge is 0.491 e. The standard InChI is InChI=1S/C19H21NO3/c1-14-4-6-15(7-5-14)19(21)20-16-8-10-17(11-9-16)23-13-18-3-2-12-22-18/h4-11,18H,2-3,12-13H2,1H3,(H,20,21)/t18-/m1/s1. The van der Waals surface area contributed by atoms with Gasteiger partial charge in [0, 0.05) is 17.9 Å². The van der Waals surface area contributed by atoms with Crippen LogP contribution in [-0.4, -0.2) is 25.2 Å². The Labute approximate surface area is 136 Å². The fraction of sp³-hybridized carbons (Fsp3) is 0.316. The molecule has 1 fully saturated rings. The summed E-state index contributed by atoms with van der Waals surface area (Å²) in [6.45, 7) is 3.41. The van der Waals surface area contributed by atoms with E-state index < -0.39 is 0 Å². The number of benzene rings is 2. The van der Waals surface area contributed by atoms with Crippen LogP contribution in [0.4, 0.5) is 5.69 Å². The summed E-state index contributed by atoms with van der Waals surface area (Å²) in [4.78, 5) is 12.2. The van der Waals surface area contributed by atoms with Crippen molar-refractivity contribution in [2.75, 3.05) is 18.5 Å². The summed E-state index contributed by atoms with van der Waals surface area (Å²) in [7, 11) is 0. The lowest BCUT2D eigenvalue weighted by Gasteiger charge is -2.12. The number of amides is 1. The smallest absolute Gasteiger partial charge is 0.255 e. The molecule has 0 spiro atoms. The molecule has 0 saturated carbocycles. The zero-order chi connectivity index (χ0) is 16.1. The molecule has 3 rings (SSSR count). The third kappa shape index (κ3) is 4.33. The molecule has 0 radical (unpaired) electrons. The van der Waals surface area contributed by atoms with Gasteiger partial charge in [0.15, 0.2) is 0 Å². The van der Waals surface area contributed by atoms with E-state index in [0.29, 0.717) is 12.2 Å². The van der Waals surface area contributed by atoms with Crippen LogP contribution >= 0.6 is 0 Å². The van der Waals surface area contributed by atoms with Gasteiger partial charge in [-0.1, -0.05) is 17.7 Å². The highest BCUT2D eigenvalue weighted by Gasteiger charge is 2.15. The molecule has 120 valence electrons. The molecule has 2 aromatic carbocycles. The van der Waals surface area contributed by atoms with Crippen molar-refractivity contribution in [2.45, 2.75) is 25.9 Å². The molecule has 1 aliphatic heterocycles. The molecule has 0 aliphatic carbocycles.